The Kier molecular flexibility index (Phi) is 5.39. The summed E-state index contributed by atoms with van der Waals surface area (Å²) in [6, 6.07) is 4.84. The minimum Gasteiger partial charge on any atom is -0.397 e. The van der Waals surface area contributed by atoms with E-state index in [0.717, 1.165) is 12.8 Å². The number of halogens is 1. The molecule has 1 aromatic carbocycles. The quantitative estimate of drug-likeness (QED) is 0.830. The predicted octanol–water partition coefficient (Wildman–Crippen LogP) is 1.79. The lowest BCUT2D eigenvalue weighted by atomic mass is 10.2. The van der Waals surface area contributed by atoms with Crippen LogP contribution in [-0.4, -0.2) is 34.3 Å². The van der Waals surface area contributed by atoms with Crippen LogP contribution in [0.2, 0.25) is 5.02 Å². The van der Waals surface area contributed by atoms with Gasteiger partial charge in [-0.3, -0.25) is 9.00 Å². The van der Waals surface area contributed by atoms with Gasteiger partial charge in [0, 0.05) is 34.3 Å². The minimum absolute atomic E-state index is 0.0311. The summed E-state index contributed by atoms with van der Waals surface area (Å²) in [5.74, 6) is -0.347. The number of nitrogens with one attached hydrogen (secondary N) is 1. The Morgan fingerprint density at radius 3 is 2.85 bits per heavy atom. The second-order valence-corrected chi connectivity index (χ2v) is 6.77. The van der Waals surface area contributed by atoms with Crippen molar-refractivity contribution in [2.24, 2.45) is 0 Å². The zero-order chi connectivity index (χ0) is 14.5. The molecule has 1 fully saturated rings. The third-order valence-corrected chi connectivity index (χ3v) is 5.10. The Bertz CT molecular complexity index is 518. The lowest BCUT2D eigenvalue weighted by molar-refractivity contribution is -0.113. The molecule has 0 aromatic heterocycles. The van der Waals surface area contributed by atoms with Crippen LogP contribution in [0.3, 0.4) is 0 Å². The van der Waals surface area contributed by atoms with Crippen molar-refractivity contribution in [2.75, 3.05) is 30.0 Å². The summed E-state index contributed by atoms with van der Waals surface area (Å²) in [4.78, 5) is 11.9. The number of anilines is 2. The van der Waals surface area contributed by atoms with Crippen LogP contribution in [0.5, 0.6) is 0 Å². The van der Waals surface area contributed by atoms with Gasteiger partial charge in [0.2, 0.25) is 5.91 Å². The average Bonchev–Trinajstić information content (AvgIpc) is 2.43. The first-order chi connectivity index (χ1) is 9.56. The molecule has 3 N–H and O–H groups in total. The summed E-state index contributed by atoms with van der Waals surface area (Å²) < 4.78 is 17.3. The summed E-state index contributed by atoms with van der Waals surface area (Å²) >= 11 is 5.85. The molecule has 1 atom stereocenters. The molecule has 1 aliphatic rings. The van der Waals surface area contributed by atoms with Crippen molar-refractivity contribution in [3.05, 3.63) is 23.2 Å². The molecule has 1 aliphatic heterocycles. The van der Waals surface area contributed by atoms with Crippen LogP contribution in [0.15, 0.2) is 18.2 Å². The molecule has 7 heteroatoms. The third-order valence-electron chi connectivity index (χ3n) is 3.10. The molecule has 2 rings (SSSR count). The number of amides is 1. The molecule has 20 heavy (non-hydrogen) atoms. The van der Waals surface area contributed by atoms with Gasteiger partial charge in [0.05, 0.1) is 11.4 Å². The van der Waals surface area contributed by atoms with E-state index in [9.17, 15) is 9.00 Å². The topological polar surface area (TPSA) is 81.4 Å². The molecule has 1 heterocycles. The van der Waals surface area contributed by atoms with Gasteiger partial charge < -0.3 is 15.8 Å². The van der Waals surface area contributed by atoms with Crippen LogP contribution >= 0.6 is 11.6 Å². The van der Waals surface area contributed by atoms with Gasteiger partial charge in [-0.15, -0.1) is 0 Å². The second-order valence-electron chi connectivity index (χ2n) is 4.62. The molecule has 1 saturated heterocycles. The van der Waals surface area contributed by atoms with Gasteiger partial charge >= 0.3 is 0 Å². The number of ether oxygens (including phenoxy) is 1. The zero-order valence-corrected chi connectivity index (χ0v) is 12.5. The first-order valence-corrected chi connectivity index (χ1v) is 8.12. The Labute approximate surface area is 125 Å². The molecule has 0 saturated carbocycles. The fourth-order valence-corrected chi connectivity index (χ4v) is 3.47. The molecular weight excluding hydrogens is 300 g/mol. The maximum atomic E-state index is 12.1. The lowest BCUT2D eigenvalue weighted by Gasteiger charge is -2.21. The van der Waals surface area contributed by atoms with Crippen molar-refractivity contribution in [2.45, 2.75) is 18.1 Å². The fraction of sp³-hybridized carbons (Fsp3) is 0.462. The van der Waals surface area contributed by atoms with Crippen LogP contribution in [0.4, 0.5) is 11.4 Å². The largest absolute Gasteiger partial charge is 0.397 e. The summed E-state index contributed by atoms with van der Waals surface area (Å²) in [5, 5.41) is 3.17. The molecule has 1 unspecified atom stereocenters. The van der Waals surface area contributed by atoms with Gasteiger partial charge in [0.1, 0.15) is 5.75 Å². The van der Waals surface area contributed by atoms with E-state index in [1.165, 1.54) is 0 Å². The van der Waals surface area contributed by atoms with E-state index in [1.54, 1.807) is 18.2 Å². The Balaban J connectivity index is 1.91. The van der Waals surface area contributed by atoms with E-state index in [2.05, 4.69) is 5.32 Å². The monoisotopic (exact) mass is 316 g/mol. The predicted molar refractivity (Wildman–Crippen MR) is 81.3 cm³/mol. The van der Waals surface area contributed by atoms with E-state index in [1.807, 2.05) is 0 Å². The minimum atomic E-state index is -1.19. The number of rotatable bonds is 4. The highest BCUT2D eigenvalue weighted by molar-refractivity contribution is 7.86. The van der Waals surface area contributed by atoms with Gasteiger partial charge in [-0.25, -0.2) is 0 Å². The summed E-state index contributed by atoms with van der Waals surface area (Å²) in [5.41, 5.74) is 6.63. The highest BCUT2D eigenvalue weighted by Crippen LogP contribution is 2.23. The zero-order valence-electron chi connectivity index (χ0n) is 10.9. The number of carbonyl (C=O) groups is 1. The van der Waals surface area contributed by atoms with Crippen LogP contribution in [0.1, 0.15) is 12.8 Å². The number of nitrogens with two attached hydrogens (primary N) is 1. The molecule has 0 aliphatic carbocycles. The van der Waals surface area contributed by atoms with Gasteiger partial charge in [-0.05, 0) is 31.0 Å². The maximum Gasteiger partial charge on any atom is 0.237 e. The van der Waals surface area contributed by atoms with E-state index in [4.69, 9.17) is 22.1 Å². The summed E-state index contributed by atoms with van der Waals surface area (Å²) in [6.45, 7) is 1.22. The Morgan fingerprint density at radius 1 is 1.45 bits per heavy atom. The first kappa shape index (κ1) is 15.3. The Hall–Kier alpha value is -1.11. The number of hydrogen-bond acceptors (Lipinski definition) is 4. The number of carbonyl (C=O) groups excluding carboxylic acids is 1. The summed E-state index contributed by atoms with van der Waals surface area (Å²) in [6.07, 6.45) is 1.47. The van der Waals surface area contributed by atoms with Crippen molar-refractivity contribution in [3.63, 3.8) is 0 Å². The highest BCUT2D eigenvalue weighted by atomic mass is 35.5. The van der Waals surface area contributed by atoms with Gasteiger partial charge in [0.15, 0.2) is 0 Å². The molecule has 1 aromatic rings. The highest BCUT2D eigenvalue weighted by Gasteiger charge is 2.22. The van der Waals surface area contributed by atoms with Crippen molar-refractivity contribution in [1.29, 1.82) is 0 Å². The fourth-order valence-electron chi connectivity index (χ4n) is 2.01. The number of benzene rings is 1. The first-order valence-electron chi connectivity index (χ1n) is 6.36. The van der Waals surface area contributed by atoms with E-state index < -0.39 is 10.8 Å². The standard InChI is InChI=1S/C13H17ClN2O3S/c14-9-1-2-11(15)12(7-9)16-13(17)8-20(18)10-3-5-19-6-4-10/h1-2,7,10H,3-6,8,15H2,(H,16,17). The van der Waals surface area contributed by atoms with Crippen LogP contribution in [0.25, 0.3) is 0 Å². The van der Waals surface area contributed by atoms with E-state index >= 15 is 0 Å². The van der Waals surface area contributed by atoms with E-state index in [-0.39, 0.29) is 16.9 Å². The average molecular weight is 317 g/mol. The molecule has 1 amide bonds. The van der Waals surface area contributed by atoms with Crippen molar-refractivity contribution < 1.29 is 13.7 Å². The molecular formula is C13H17ClN2O3S. The van der Waals surface area contributed by atoms with Gasteiger partial charge in [-0.1, -0.05) is 11.6 Å². The molecule has 0 spiro atoms. The van der Waals surface area contributed by atoms with Crippen molar-refractivity contribution in [3.8, 4) is 0 Å². The van der Waals surface area contributed by atoms with Crippen LogP contribution in [0, 0.1) is 0 Å². The van der Waals surface area contributed by atoms with Crippen molar-refractivity contribution >= 4 is 39.7 Å². The van der Waals surface area contributed by atoms with Gasteiger partial charge in [0.25, 0.3) is 0 Å². The molecule has 110 valence electrons. The van der Waals surface area contributed by atoms with Crippen molar-refractivity contribution in [1.82, 2.24) is 0 Å². The molecule has 0 bridgehead atoms. The Morgan fingerprint density at radius 2 is 2.15 bits per heavy atom. The smallest absolute Gasteiger partial charge is 0.237 e. The van der Waals surface area contributed by atoms with Gasteiger partial charge in [-0.2, -0.15) is 0 Å². The summed E-state index contributed by atoms with van der Waals surface area (Å²) in [7, 11) is -1.19. The van der Waals surface area contributed by atoms with E-state index in [0.29, 0.717) is 29.6 Å². The normalized spacial score (nSPS) is 17.6. The second kappa shape index (κ2) is 7.06. The van der Waals surface area contributed by atoms with Crippen LogP contribution < -0.4 is 11.1 Å². The maximum absolute atomic E-state index is 12.1. The SMILES string of the molecule is Nc1ccc(Cl)cc1NC(=O)CS(=O)C1CCOCC1. The van der Waals surface area contributed by atoms with Crippen LogP contribution in [-0.2, 0) is 20.3 Å². The number of nitrogen functional groups attached to an aromatic ring is 1. The number of hydrogen-bond donors (Lipinski definition) is 2. The lowest BCUT2D eigenvalue weighted by Crippen LogP contribution is -2.30. The third kappa shape index (κ3) is 4.19. The molecule has 0 radical (unpaired) electrons. The molecule has 5 nitrogen and oxygen atoms in total.